The number of hydrogen-bond acceptors (Lipinski definition) is 3. The van der Waals surface area contributed by atoms with E-state index in [9.17, 15) is 10.2 Å². The fourth-order valence-corrected chi connectivity index (χ4v) is 2.09. The minimum Gasteiger partial charge on any atom is -0.508 e. The molecule has 2 aromatic rings. The first-order valence-electron chi connectivity index (χ1n) is 6.68. The van der Waals surface area contributed by atoms with Crippen molar-refractivity contribution in [1.29, 1.82) is 0 Å². The lowest BCUT2D eigenvalue weighted by molar-refractivity contribution is 0.123. The first-order valence-corrected chi connectivity index (χ1v) is 6.68. The molecular formula is C16H21NO2. The molecular weight excluding hydrogens is 238 g/mol. The average Bonchev–Trinajstić information content (AvgIpc) is 2.41. The maximum Gasteiger partial charge on any atom is 0.120 e. The number of aromatic hydroxyl groups is 1. The number of aliphatic hydroxyl groups excluding tert-OH is 1. The zero-order valence-corrected chi connectivity index (χ0v) is 11.4. The van der Waals surface area contributed by atoms with Crippen LogP contribution < -0.4 is 5.32 Å². The van der Waals surface area contributed by atoms with Crippen molar-refractivity contribution < 1.29 is 10.2 Å². The van der Waals surface area contributed by atoms with Crippen LogP contribution in [0.1, 0.15) is 19.4 Å². The van der Waals surface area contributed by atoms with Gasteiger partial charge in [0.15, 0.2) is 0 Å². The molecule has 0 bridgehead atoms. The standard InChI is InChI=1S/C16H21NO2/c1-11(2)16(19)10-17-9-14-13-6-4-3-5-12(13)7-8-15(14)18/h3-8,11,16-19H,9-10H2,1-2H3. The van der Waals surface area contributed by atoms with Gasteiger partial charge in [-0.25, -0.2) is 0 Å². The molecule has 3 nitrogen and oxygen atoms in total. The van der Waals surface area contributed by atoms with Crippen LogP contribution in [0, 0.1) is 5.92 Å². The van der Waals surface area contributed by atoms with Crippen LogP contribution in [0.25, 0.3) is 10.8 Å². The maximum atomic E-state index is 9.98. The van der Waals surface area contributed by atoms with E-state index in [1.165, 1.54) is 0 Å². The van der Waals surface area contributed by atoms with Gasteiger partial charge in [-0.05, 0) is 22.8 Å². The van der Waals surface area contributed by atoms with E-state index in [1.54, 1.807) is 6.07 Å². The van der Waals surface area contributed by atoms with E-state index in [2.05, 4.69) is 5.32 Å². The molecule has 0 amide bonds. The molecule has 0 aliphatic carbocycles. The molecule has 2 rings (SSSR count). The first-order chi connectivity index (χ1) is 9.09. The summed E-state index contributed by atoms with van der Waals surface area (Å²) >= 11 is 0. The Morgan fingerprint density at radius 3 is 2.58 bits per heavy atom. The summed E-state index contributed by atoms with van der Waals surface area (Å²) in [6.45, 7) is 5.06. The van der Waals surface area contributed by atoms with E-state index in [0.717, 1.165) is 16.3 Å². The van der Waals surface area contributed by atoms with Gasteiger partial charge in [-0.15, -0.1) is 0 Å². The highest BCUT2D eigenvalue weighted by atomic mass is 16.3. The smallest absolute Gasteiger partial charge is 0.120 e. The Hall–Kier alpha value is -1.58. The summed E-state index contributed by atoms with van der Waals surface area (Å²) in [4.78, 5) is 0. The molecule has 0 spiro atoms. The second-order valence-electron chi connectivity index (χ2n) is 5.23. The summed E-state index contributed by atoms with van der Waals surface area (Å²) in [6, 6.07) is 11.6. The van der Waals surface area contributed by atoms with Crippen molar-refractivity contribution in [3.63, 3.8) is 0 Å². The van der Waals surface area contributed by atoms with Crippen LogP contribution in [0.2, 0.25) is 0 Å². The third-order valence-electron chi connectivity index (χ3n) is 3.44. The van der Waals surface area contributed by atoms with Gasteiger partial charge in [0.25, 0.3) is 0 Å². The van der Waals surface area contributed by atoms with Gasteiger partial charge in [0, 0.05) is 18.7 Å². The topological polar surface area (TPSA) is 52.5 Å². The minimum absolute atomic E-state index is 0.230. The molecule has 2 aromatic carbocycles. The van der Waals surface area contributed by atoms with E-state index in [4.69, 9.17) is 0 Å². The van der Waals surface area contributed by atoms with Crippen molar-refractivity contribution in [3.8, 4) is 5.75 Å². The van der Waals surface area contributed by atoms with Crippen LogP contribution in [-0.4, -0.2) is 22.9 Å². The molecule has 0 saturated heterocycles. The molecule has 0 aromatic heterocycles. The van der Waals surface area contributed by atoms with Gasteiger partial charge in [0.05, 0.1) is 6.10 Å². The fraction of sp³-hybridized carbons (Fsp3) is 0.375. The first kappa shape index (κ1) is 13.8. The molecule has 102 valence electrons. The zero-order chi connectivity index (χ0) is 13.8. The van der Waals surface area contributed by atoms with E-state index in [0.29, 0.717) is 18.8 Å². The van der Waals surface area contributed by atoms with Gasteiger partial charge in [-0.3, -0.25) is 0 Å². The van der Waals surface area contributed by atoms with Gasteiger partial charge in [0.2, 0.25) is 0 Å². The lowest BCUT2D eigenvalue weighted by Gasteiger charge is -2.16. The lowest BCUT2D eigenvalue weighted by atomic mass is 10.0. The van der Waals surface area contributed by atoms with Crippen molar-refractivity contribution in [2.24, 2.45) is 5.92 Å². The summed E-state index contributed by atoms with van der Waals surface area (Å²) in [7, 11) is 0. The SMILES string of the molecule is CC(C)C(O)CNCc1c(O)ccc2ccccc12. The summed E-state index contributed by atoms with van der Waals surface area (Å²) < 4.78 is 0. The highest BCUT2D eigenvalue weighted by Crippen LogP contribution is 2.26. The quantitative estimate of drug-likeness (QED) is 0.773. The minimum atomic E-state index is -0.364. The molecule has 1 atom stereocenters. The number of phenolic OH excluding ortho intramolecular Hbond substituents is 1. The molecule has 3 N–H and O–H groups in total. The van der Waals surface area contributed by atoms with Crippen LogP contribution in [0.15, 0.2) is 36.4 Å². The van der Waals surface area contributed by atoms with Gasteiger partial charge in [-0.2, -0.15) is 0 Å². The third-order valence-corrected chi connectivity index (χ3v) is 3.44. The van der Waals surface area contributed by atoms with Crippen molar-refractivity contribution in [2.75, 3.05) is 6.54 Å². The Bertz CT molecular complexity index is 551. The van der Waals surface area contributed by atoms with Crippen molar-refractivity contribution in [2.45, 2.75) is 26.5 Å². The molecule has 1 unspecified atom stereocenters. The lowest BCUT2D eigenvalue weighted by Crippen LogP contribution is -2.30. The van der Waals surface area contributed by atoms with Crippen LogP contribution in [0.5, 0.6) is 5.75 Å². The molecule has 3 heteroatoms. The van der Waals surface area contributed by atoms with Crippen LogP contribution in [0.4, 0.5) is 0 Å². The highest BCUT2D eigenvalue weighted by Gasteiger charge is 2.10. The number of nitrogens with one attached hydrogen (secondary N) is 1. The summed E-state index contributed by atoms with van der Waals surface area (Å²) in [5, 5.41) is 25.1. The Kier molecular flexibility index (Phi) is 4.40. The van der Waals surface area contributed by atoms with E-state index < -0.39 is 0 Å². The molecule has 0 aliphatic heterocycles. The normalized spacial score (nSPS) is 13.1. The maximum absolute atomic E-state index is 9.98. The van der Waals surface area contributed by atoms with E-state index >= 15 is 0 Å². The fourth-order valence-electron chi connectivity index (χ4n) is 2.09. The average molecular weight is 259 g/mol. The number of benzene rings is 2. The van der Waals surface area contributed by atoms with E-state index in [1.807, 2.05) is 44.2 Å². The van der Waals surface area contributed by atoms with Gasteiger partial charge in [-0.1, -0.05) is 44.2 Å². The summed E-state index contributed by atoms with van der Waals surface area (Å²) in [6.07, 6.45) is -0.364. The predicted octanol–water partition coefficient (Wildman–Crippen LogP) is 2.65. The monoisotopic (exact) mass is 259 g/mol. The zero-order valence-electron chi connectivity index (χ0n) is 11.4. The van der Waals surface area contributed by atoms with Gasteiger partial charge < -0.3 is 15.5 Å². The molecule has 0 heterocycles. The molecule has 19 heavy (non-hydrogen) atoms. The third kappa shape index (κ3) is 3.25. The number of rotatable bonds is 5. The Morgan fingerprint density at radius 1 is 1.11 bits per heavy atom. The second kappa shape index (κ2) is 6.04. The summed E-state index contributed by atoms with van der Waals surface area (Å²) in [5.41, 5.74) is 0.883. The number of fused-ring (bicyclic) bond motifs is 1. The number of phenols is 1. The van der Waals surface area contributed by atoms with Crippen molar-refractivity contribution in [1.82, 2.24) is 5.32 Å². The van der Waals surface area contributed by atoms with Crippen molar-refractivity contribution in [3.05, 3.63) is 42.0 Å². The largest absolute Gasteiger partial charge is 0.508 e. The van der Waals surface area contributed by atoms with Crippen LogP contribution in [-0.2, 0) is 6.54 Å². The molecule has 0 saturated carbocycles. The Morgan fingerprint density at radius 2 is 1.84 bits per heavy atom. The molecule has 0 fully saturated rings. The number of hydrogen-bond donors (Lipinski definition) is 3. The van der Waals surface area contributed by atoms with Crippen LogP contribution in [0.3, 0.4) is 0 Å². The predicted molar refractivity (Wildman–Crippen MR) is 78.2 cm³/mol. The highest BCUT2D eigenvalue weighted by molar-refractivity contribution is 5.87. The van der Waals surface area contributed by atoms with E-state index in [-0.39, 0.29) is 12.0 Å². The Labute approximate surface area is 113 Å². The Balaban J connectivity index is 2.14. The van der Waals surface area contributed by atoms with Crippen LogP contribution >= 0.6 is 0 Å². The van der Waals surface area contributed by atoms with Crippen molar-refractivity contribution >= 4 is 10.8 Å². The van der Waals surface area contributed by atoms with Gasteiger partial charge in [0.1, 0.15) is 5.75 Å². The molecule has 0 radical (unpaired) electrons. The number of aliphatic hydroxyl groups is 1. The summed E-state index contributed by atoms with van der Waals surface area (Å²) in [5.74, 6) is 0.527. The van der Waals surface area contributed by atoms with Gasteiger partial charge >= 0.3 is 0 Å². The second-order valence-corrected chi connectivity index (χ2v) is 5.23. The molecule has 0 aliphatic rings.